The maximum Gasteiger partial charge on any atom is 0.278 e. The summed E-state index contributed by atoms with van der Waals surface area (Å²) in [5.41, 5.74) is 2.25. The standard InChI is InChI=1S/C37H44N4O6Si/c1-36(2,3)48(6,7)47-31-21-30(46-35(31)41-24-40-32-33(41)38-23-39-34(32)42)22-45-37(25-11-9-8-10-12-25,26-13-17-28(43-4)18-14-26)27-15-19-29(44-5)20-16-27/h8-20,23-24,30-31,35H,21-22H2,1-7H3,(H,38,39,42)/t30-,31-,35-/m1/s1. The van der Waals surface area contributed by atoms with Gasteiger partial charge < -0.3 is 28.4 Å². The first-order valence-corrected chi connectivity index (χ1v) is 19.1. The van der Waals surface area contributed by atoms with Crippen molar-refractivity contribution in [3.63, 3.8) is 0 Å². The summed E-state index contributed by atoms with van der Waals surface area (Å²) < 4.78 is 33.8. The van der Waals surface area contributed by atoms with Gasteiger partial charge in [-0.15, -0.1) is 0 Å². The van der Waals surface area contributed by atoms with Crippen LogP contribution in [0.15, 0.2) is 96.3 Å². The van der Waals surface area contributed by atoms with Gasteiger partial charge in [0.25, 0.3) is 5.56 Å². The van der Waals surface area contributed by atoms with Gasteiger partial charge in [-0.25, -0.2) is 9.97 Å². The van der Waals surface area contributed by atoms with Gasteiger partial charge in [0, 0.05) is 6.42 Å². The van der Waals surface area contributed by atoms with E-state index in [4.69, 9.17) is 23.4 Å². The van der Waals surface area contributed by atoms with Crippen molar-refractivity contribution >= 4 is 19.5 Å². The normalized spacial score (nSPS) is 18.7. The van der Waals surface area contributed by atoms with Crippen LogP contribution in [0.1, 0.15) is 50.1 Å². The molecule has 1 fully saturated rings. The van der Waals surface area contributed by atoms with Crippen molar-refractivity contribution in [2.24, 2.45) is 0 Å². The first-order chi connectivity index (χ1) is 23.0. The summed E-state index contributed by atoms with van der Waals surface area (Å²) in [6.45, 7) is 11.4. The summed E-state index contributed by atoms with van der Waals surface area (Å²) in [4.78, 5) is 24.0. The molecule has 11 heteroatoms. The molecule has 10 nitrogen and oxygen atoms in total. The minimum atomic E-state index is -2.23. The number of hydrogen-bond acceptors (Lipinski definition) is 8. The van der Waals surface area contributed by atoms with Gasteiger partial charge in [-0.2, -0.15) is 0 Å². The van der Waals surface area contributed by atoms with Gasteiger partial charge in [-0.1, -0.05) is 75.4 Å². The SMILES string of the molecule is COc1ccc(C(OC[C@H]2C[C@@H](O[Si](C)(C)C(C)(C)C)[C@H](n3cnc4c(=O)[nH]cnc43)O2)(c2ccccc2)c2ccc(OC)cc2)cc1. The Morgan fingerprint density at radius 3 is 2.02 bits per heavy atom. The number of fused-ring (bicyclic) bond motifs is 1. The van der Waals surface area contributed by atoms with E-state index >= 15 is 0 Å². The van der Waals surface area contributed by atoms with E-state index in [9.17, 15) is 4.79 Å². The Labute approximate surface area is 282 Å². The summed E-state index contributed by atoms with van der Waals surface area (Å²) in [6, 6.07) is 26.2. The van der Waals surface area contributed by atoms with Crippen molar-refractivity contribution in [3.05, 3.63) is 119 Å². The van der Waals surface area contributed by atoms with Gasteiger partial charge in [0.05, 0.1) is 45.7 Å². The molecule has 0 unspecified atom stereocenters. The number of benzene rings is 3. The zero-order valence-corrected chi connectivity index (χ0v) is 29.6. The van der Waals surface area contributed by atoms with E-state index in [1.54, 1.807) is 20.5 Å². The lowest BCUT2D eigenvalue weighted by molar-refractivity contribution is -0.0841. The van der Waals surface area contributed by atoms with Crippen molar-refractivity contribution < 1.29 is 23.4 Å². The highest BCUT2D eigenvalue weighted by atomic mass is 28.4. The van der Waals surface area contributed by atoms with E-state index in [1.165, 1.54) is 6.33 Å². The first-order valence-electron chi connectivity index (χ1n) is 16.2. The Balaban J connectivity index is 1.40. The van der Waals surface area contributed by atoms with Crippen LogP contribution >= 0.6 is 0 Å². The molecule has 48 heavy (non-hydrogen) atoms. The van der Waals surface area contributed by atoms with Crippen molar-refractivity contribution in [2.75, 3.05) is 20.8 Å². The van der Waals surface area contributed by atoms with Crippen molar-refractivity contribution in [2.45, 2.75) is 69.4 Å². The third kappa shape index (κ3) is 6.30. The van der Waals surface area contributed by atoms with Crippen molar-refractivity contribution in [3.8, 4) is 11.5 Å². The highest BCUT2D eigenvalue weighted by Gasteiger charge is 2.47. The minimum absolute atomic E-state index is 0.0241. The van der Waals surface area contributed by atoms with Crippen LogP contribution in [0.4, 0.5) is 0 Å². The quantitative estimate of drug-likeness (QED) is 0.121. The number of imidazole rings is 1. The number of hydrogen-bond donors (Lipinski definition) is 1. The zero-order valence-electron chi connectivity index (χ0n) is 28.6. The van der Waals surface area contributed by atoms with Crippen LogP contribution in [0.3, 0.4) is 0 Å². The molecule has 0 radical (unpaired) electrons. The Kier molecular flexibility index (Phi) is 9.32. The van der Waals surface area contributed by atoms with Crippen LogP contribution in [-0.4, -0.2) is 60.9 Å². The Morgan fingerprint density at radius 1 is 0.875 bits per heavy atom. The van der Waals surface area contributed by atoms with Gasteiger partial charge in [0.2, 0.25) is 0 Å². The number of H-pyrrole nitrogens is 1. The van der Waals surface area contributed by atoms with Crippen molar-refractivity contribution in [1.82, 2.24) is 19.5 Å². The molecule has 0 aliphatic carbocycles. The number of aromatic nitrogens is 4. The topological polar surface area (TPSA) is 110 Å². The van der Waals surface area contributed by atoms with Crippen LogP contribution in [0.2, 0.25) is 18.1 Å². The third-order valence-corrected chi connectivity index (χ3v) is 14.2. The average Bonchev–Trinajstić information content (AvgIpc) is 3.69. The number of methoxy groups -OCH3 is 2. The largest absolute Gasteiger partial charge is 0.497 e. The molecule has 0 bridgehead atoms. The molecule has 3 atom stereocenters. The van der Waals surface area contributed by atoms with E-state index < -0.39 is 20.1 Å². The lowest BCUT2D eigenvalue weighted by Crippen LogP contribution is -2.45. The van der Waals surface area contributed by atoms with Crippen LogP contribution in [0.5, 0.6) is 11.5 Å². The molecule has 5 aromatic rings. The summed E-state index contributed by atoms with van der Waals surface area (Å²) in [5.74, 6) is 1.51. The molecule has 1 saturated heterocycles. The predicted molar refractivity (Wildman–Crippen MR) is 187 cm³/mol. The molecule has 2 aromatic heterocycles. The third-order valence-electron chi connectivity index (χ3n) is 9.70. The molecule has 0 spiro atoms. The Bertz CT molecular complexity index is 1840. The summed E-state index contributed by atoms with van der Waals surface area (Å²) in [6.07, 6.45) is 2.37. The number of nitrogens with zero attached hydrogens (tertiary/aromatic N) is 3. The van der Waals surface area contributed by atoms with E-state index in [0.717, 1.165) is 28.2 Å². The van der Waals surface area contributed by atoms with Gasteiger partial charge in [0.1, 0.15) is 17.1 Å². The monoisotopic (exact) mass is 668 g/mol. The van der Waals surface area contributed by atoms with Crippen LogP contribution < -0.4 is 15.0 Å². The van der Waals surface area contributed by atoms with Crippen LogP contribution in [0, 0.1) is 0 Å². The molecular weight excluding hydrogens is 625 g/mol. The number of ether oxygens (including phenoxy) is 4. The fourth-order valence-electron chi connectivity index (χ4n) is 6.07. The Hall–Kier alpha value is -4.29. The van der Waals surface area contributed by atoms with Gasteiger partial charge in [-0.3, -0.25) is 9.36 Å². The first kappa shape index (κ1) is 33.6. The fourth-order valence-corrected chi connectivity index (χ4v) is 7.39. The molecule has 1 N–H and O–H groups in total. The minimum Gasteiger partial charge on any atom is -0.497 e. The van der Waals surface area contributed by atoms with E-state index in [1.807, 2.05) is 71.3 Å². The second-order valence-corrected chi connectivity index (χ2v) is 18.4. The van der Waals surface area contributed by atoms with E-state index in [-0.39, 0.29) is 34.9 Å². The molecule has 252 valence electrons. The maximum absolute atomic E-state index is 12.5. The second kappa shape index (κ2) is 13.3. The van der Waals surface area contributed by atoms with Gasteiger partial charge >= 0.3 is 0 Å². The fraction of sp³-hybridized carbons (Fsp3) is 0.378. The number of nitrogens with one attached hydrogen (secondary N) is 1. The Morgan fingerprint density at radius 2 is 1.46 bits per heavy atom. The highest BCUT2D eigenvalue weighted by molar-refractivity contribution is 6.74. The highest BCUT2D eigenvalue weighted by Crippen LogP contribution is 2.45. The lowest BCUT2D eigenvalue weighted by atomic mass is 9.80. The molecule has 0 saturated carbocycles. The summed E-state index contributed by atoms with van der Waals surface area (Å²) in [5, 5.41) is -0.0241. The van der Waals surface area contributed by atoms with E-state index in [0.29, 0.717) is 12.1 Å². The molecule has 1 aliphatic rings. The molecule has 3 aromatic carbocycles. The zero-order chi connectivity index (χ0) is 34.1. The molecule has 6 rings (SSSR count). The second-order valence-electron chi connectivity index (χ2n) is 13.7. The maximum atomic E-state index is 12.5. The van der Waals surface area contributed by atoms with Gasteiger partial charge in [-0.05, 0) is 59.1 Å². The number of aromatic amines is 1. The molecule has 1 aliphatic heterocycles. The van der Waals surface area contributed by atoms with Gasteiger partial charge in [0.15, 0.2) is 25.7 Å². The molecular formula is C37H44N4O6Si. The summed E-state index contributed by atoms with van der Waals surface area (Å²) >= 11 is 0. The average molecular weight is 669 g/mol. The number of rotatable bonds is 11. The van der Waals surface area contributed by atoms with E-state index in [2.05, 4.69) is 60.9 Å². The summed E-state index contributed by atoms with van der Waals surface area (Å²) in [7, 11) is 1.08. The van der Waals surface area contributed by atoms with Crippen molar-refractivity contribution in [1.29, 1.82) is 0 Å². The molecule has 0 amide bonds. The van der Waals surface area contributed by atoms with Crippen LogP contribution in [-0.2, 0) is 19.5 Å². The van der Waals surface area contributed by atoms with Crippen LogP contribution in [0.25, 0.3) is 11.2 Å². The smallest absolute Gasteiger partial charge is 0.278 e. The molecule has 3 heterocycles. The lowest BCUT2D eigenvalue weighted by Gasteiger charge is -2.39. The predicted octanol–water partition coefficient (Wildman–Crippen LogP) is 6.82.